The van der Waals surface area contributed by atoms with Crippen LogP contribution < -0.4 is 10.6 Å². The summed E-state index contributed by atoms with van der Waals surface area (Å²) in [5.74, 6) is 0.0517. The van der Waals surface area contributed by atoms with Crippen molar-refractivity contribution in [3.05, 3.63) is 59.7 Å². The summed E-state index contributed by atoms with van der Waals surface area (Å²) in [7, 11) is 0. The van der Waals surface area contributed by atoms with E-state index >= 15 is 0 Å². The predicted octanol–water partition coefficient (Wildman–Crippen LogP) is 7.09. The summed E-state index contributed by atoms with van der Waals surface area (Å²) in [6.07, 6.45) is 1.50. The lowest BCUT2D eigenvalue weighted by Crippen LogP contribution is -2.18. The number of nitrogens with zero attached hydrogens (tertiary/aromatic N) is 1. The minimum absolute atomic E-state index is 0.0237. The first-order valence-corrected chi connectivity index (χ1v) is 10.9. The zero-order chi connectivity index (χ0) is 21.7. The van der Waals surface area contributed by atoms with Crippen LogP contribution >= 0.6 is 11.3 Å². The van der Waals surface area contributed by atoms with Crippen molar-refractivity contribution in [1.29, 1.82) is 0 Å². The van der Waals surface area contributed by atoms with Crippen LogP contribution in [0.4, 0.5) is 20.9 Å². The first kappa shape index (κ1) is 22.0. The summed E-state index contributed by atoms with van der Waals surface area (Å²) in [4.78, 5) is 17.0. The number of nitrogens with one attached hydrogen (secondary N) is 2. The Kier molecular flexibility index (Phi) is 6.87. The second-order valence-electron chi connectivity index (χ2n) is 8.88. The Morgan fingerprint density at radius 3 is 2.60 bits per heavy atom. The summed E-state index contributed by atoms with van der Waals surface area (Å²) in [5, 5.41) is 8.74. The van der Waals surface area contributed by atoms with Crippen molar-refractivity contribution in [3.63, 3.8) is 0 Å². The van der Waals surface area contributed by atoms with E-state index in [-0.39, 0.29) is 17.1 Å². The standard InChI is InChI=1S/C24H28FN3OS/c1-16(14-24(2,3)4)11-22(29)26-19-9-5-7-17(12-19)21-15-30-23(28-21)27-20-10-6-8-18(25)13-20/h5-10,12-13,15-16H,11,14H2,1-4H3,(H,26,29)(H,27,28). The van der Waals surface area contributed by atoms with Crippen LogP contribution in [0.3, 0.4) is 0 Å². The van der Waals surface area contributed by atoms with Gasteiger partial charge in [0.2, 0.25) is 5.91 Å². The van der Waals surface area contributed by atoms with Crippen molar-refractivity contribution in [3.8, 4) is 11.3 Å². The highest BCUT2D eigenvalue weighted by atomic mass is 32.1. The Balaban J connectivity index is 1.64. The van der Waals surface area contributed by atoms with Gasteiger partial charge in [-0.25, -0.2) is 9.37 Å². The van der Waals surface area contributed by atoms with E-state index in [1.54, 1.807) is 12.1 Å². The molecule has 158 valence electrons. The third-order valence-corrected chi connectivity index (χ3v) is 5.27. The summed E-state index contributed by atoms with van der Waals surface area (Å²) in [6, 6.07) is 13.9. The number of rotatable bonds is 7. The molecule has 0 bridgehead atoms. The fourth-order valence-electron chi connectivity index (χ4n) is 3.56. The topological polar surface area (TPSA) is 54.0 Å². The molecule has 2 N–H and O–H groups in total. The lowest BCUT2D eigenvalue weighted by atomic mass is 9.84. The van der Waals surface area contributed by atoms with Crippen LogP contribution in [0.25, 0.3) is 11.3 Å². The van der Waals surface area contributed by atoms with Gasteiger partial charge >= 0.3 is 0 Å². The number of amides is 1. The van der Waals surface area contributed by atoms with Gasteiger partial charge in [0.05, 0.1) is 5.69 Å². The fraction of sp³-hybridized carbons (Fsp3) is 0.333. The van der Waals surface area contributed by atoms with E-state index in [9.17, 15) is 9.18 Å². The Morgan fingerprint density at radius 2 is 1.87 bits per heavy atom. The average Bonchev–Trinajstić information content (AvgIpc) is 3.08. The van der Waals surface area contributed by atoms with Crippen molar-refractivity contribution >= 4 is 33.8 Å². The largest absolute Gasteiger partial charge is 0.331 e. The normalized spacial score (nSPS) is 12.4. The molecule has 1 atom stereocenters. The highest BCUT2D eigenvalue weighted by Crippen LogP contribution is 2.29. The molecule has 30 heavy (non-hydrogen) atoms. The average molecular weight is 426 g/mol. The van der Waals surface area contributed by atoms with E-state index in [1.807, 2.05) is 29.6 Å². The van der Waals surface area contributed by atoms with Crippen LogP contribution in [0.1, 0.15) is 40.5 Å². The number of thiazole rings is 1. The highest BCUT2D eigenvalue weighted by Gasteiger charge is 2.18. The maximum absolute atomic E-state index is 13.4. The van der Waals surface area contributed by atoms with Gasteiger partial charge in [0, 0.05) is 28.7 Å². The molecule has 0 saturated heterocycles. The number of hydrogen-bond donors (Lipinski definition) is 2. The first-order chi connectivity index (χ1) is 14.2. The van der Waals surface area contributed by atoms with E-state index in [1.165, 1.54) is 23.5 Å². The molecule has 3 aromatic rings. The van der Waals surface area contributed by atoms with Gasteiger partial charge in [0.1, 0.15) is 5.82 Å². The second-order valence-corrected chi connectivity index (χ2v) is 9.73. The maximum atomic E-state index is 13.4. The highest BCUT2D eigenvalue weighted by molar-refractivity contribution is 7.14. The van der Waals surface area contributed by atoms with E-state index in [2.05, 4.69) is 43.3 Å². The Labute approximate surface area is 181 Å². The van der Waals surface area contributed by atoms with Gasteiger partial charge in [-0.05, 0) is 48.1 Å². The van der Waals surface area contributed by atoms with Crippen LogP contribution in [-0.4, -0.2) is 10.9 Å². The zero-order valence-electron chi connectivity index (χ0n) is 17.8. The van der Waals surface area contributed by atoms with Gasteiger partial charge in [-0.2, -0.15) is 0 Å². The van der Waals surface area contributed by atoms with Crippen LogP contribution in [0.5, 0.6) is 0 Å². The molecule has 0 radical (unpaired) electrons. The third kappa shape index (κ3) is 6.66. The SMILES string of the molecule is CC(CC(=O)Nc1cccc(-c2csc(Nc3cccc(F)c3)n2)c1)CC(C)(C)C. The van der Waals surface area contributed by atoms with E-state index < -0.39 is 0 Å². The number of halogens is 1. The number of carbonyl (C=O) groups is 1. The number of carbonyl (C=O) groups excluding carboxylic acids is 1. The van der Waals surface area contributed by atoms with E-state index in [0.29, 0.717) is 23.2 Å². The molecular formula is C24H28FN3OS. The summed E-state index contributed by atoms with van der Waals surface area (Å²) < 4.78 is 13.4. The number of aromatic nitrogens is 1. The molecule has 0 aliphatic rings. The molecule has 3 rings (SSSR count). The molecule has 1 unspecified atom stereocenters. The lowest BCUT2D eigenvalue weighted by Gasteiger charge is -2.22. The van der Waals surface area contributed by atoms with Crippen LogP contribution in [-0.2, 0) is 4.79 Å². The Bertz CT molecular complexity index is 1010. The molecule has 1 aromatic heterocycles. The Hall–Kier alpha value is -2.73. The van der Waals surface area contributed by atoms with Crippen molar-refractivity contribution in [2.45, 2.75) is 40.5 Å². The van der Waals surface area contributed by atoms with Crippen molar-refractivity contribution in [2.24, 2.45) is 11.3 Å². The molecule has 0 saturated carbocycles. The van der Waals surface area contributed by atoms with Gasteiger partial charge in [0.15, 0.2) is 5.13 Å². The van der Waals surface area contributed by atoms with E-state index in [0.717, 1.165) is 23.4 Å². The molecular weight excluding hydrogens is 397 g/mol. The molecule has 1 heterocycles. The number of anilines is 3. The van der Waals surface area contributed by atoms with Crippen LogP contribution in [0.2, 0.25) is 0 Å². The maximum Gasteiger partial charge on any atom is 0.224 e. The summed E-state index contributed by atoms with van der Waals surface area (Å²) in [6.45, 7) is 8.69. The minimum Gasteiger partial charge on any atom is -0.331 e. The monoisotopic (exact) mass is 425 g/mol. The van der Waals surface area contributed by atoms with Gasteiger partial charge < -0.3 is 10.6 Å². The molecule has 0 aliphatic carbocycles. The van der Waals surface area contributed by atoms with Gasteiger partial charge in [0.25, 0.3) is 0 Å². The summed E-state index contributed by atoms with van der Waals surface area (Å²) in [5.41, 5.74) is 3.34. The molecule has 2 aromatic carbocycles. The van der Waals surface area contributed by atoms with Crippen molar-refractivity contribution in [2.75, 3.05) is 10.6 Å². The molecule has 0 spiro atoms. The zero-order valence-corrected chi connectivity index (χ0v) is 18.6. The first-order valence-electron chi connectivity index (χ1n) is 10.1. The second kappa shape index (κ2) is 9.39. The van der Waals surface area contributed by atoms with Crippen molar-refractivity contribution in [1.82, 2.24) is 4.98 Å². The molecule has 1 amide bonds. The van der Waals surface area contributed by atoms with Gasteiger partial charge in [-0.1, -0.05) is 45.9 Å². The molecule has 0 aliphatic heterocycles. The molecule has 6 heteroatoms. The molecule has 0 fully saturated rings. The lowest BCUT2D eigenvalue weighted by molar-refractivity contribution is -0.117. The Morgan fingerprint density at radius 1 is 1.13 bits per heavy atom. The summed E-state index contributed by atoms with van der Waals surface area (Å²) >= 11 is 1.45. The number of benzene rings is 2. The third-order valence-electron chi connectivity index (χ3n) is 4.52. The van der Waals surface area contributed by atoms with E-state index in [4.69, 9.17) is 0 Å². The quantitative estimate of drug-likeness (QED) is 0.425. The minimum atomic E-state index is -0.294. The van der Waals surface area contributed by atoms with Gasteiger partial charge in [-0.3, -0.25) is 4.79 Å². The smallest absolute Gasteiger partial charge is 0.224 e. The van der Waals surface area contributed by atoms with Crippen LogP contribution in [0, 0.1) is 17.2 Å². The van der Waals surface area contributed by atoms with Gasteiger partial charge in [-0.15, -0.1) is 11.3 Å². The van der Waals surface area contributed by atoms with Crippen LogP contribution in [0.15, 0.2) is 53.9 Å². The molecule has 4 nitrogen and oxygen atoms in total. The predicted molar refractivity (Wildman–Crippen MR) is 124 cm³/mol. The fourth-order valence-corrected chi connectivity index (χ4v) is 4.30. The number of hydrogen-bond acceptors (Lipinski definition) is 4. The van der Waals surface area contributed by atoms with Crippen molar-refractivity contribution < 1.29 is 9.18 Å².